The van der Waals surface area contributed by atoms with Gasteiger partial charge in [-0.3, -0.25) is 4.98 Å². The zero-order valence-electron chi connectivity index (χ0n) is 8.74. The van der Waals surface area contributed by atoms with Gasteiger partial charge in [-0.1, -0.05) is 6.07 Å². The molecule has 0 saturated carbocycles. The van der Waals surface area contributed by atoms with E-state index in [-0.39, 0.29) is 6.10 Å². The normalized spacial score (nSPS) is 19.4. The van der Waals surface area contributed by atoms with E-state index in [0.29, 0.717) is 12.4 Å². The molecule has 0 radical (unpaired) electrons. The van der Waals surface area contributed by atoms with E-state index in [2.05, 4.69) is 15.1 Å². The molecule has 1 atom stereocenters. The first kappa shape index (κ1) is 9.47. The smallest absolute Gasteiger partial charge is 0.200 e. The molecule has 0 aliphatic carbocycles. The van der Waals surface area contributed by atoms with E-state index in [1.165, 1.54) is 0 Å². The van der Waals surface area contributed by atoms with Gasteiger partial charge in [0.15, 0.2) is 5.82 Å². The maximum Gasteiger partial charge on any atom is 0.200 e. The van der Waals surface area contributed by atoms with Crippen LogP contribution in [0.4, 0.5) is 0 Å². The summed E-state index contributed by atoms with van der Waals surface area (Å²) in [6, 6.07) is 5.66. The Morgan fingerprint density at radius 3 is 3.12 bits per heavy atom. The molecule has 1 unspecified atom stereocenters. The van der Waals surface area contributed by atoms with Crippen LogP contribution in [0.15, 0.2) is 24.4 Å². The van der Waals surface area contributed by atoms with Crippen LogP contribution in [0.5, 0.6) is 0 Å². The highest BCUT2D eigenvalue weighted by atomic mass is 16.3. The number of aliphatic hydroxyl groups excluding tert-OH is 1. The van der Waals surface area contributed by atoms with Crippen molar-refractivity contribution in [1.29, 1.82) is 0 Å². The van der Waals surface area contributed by atoms with Gasteiger partial charge in [-0.05, 0) is 18.6 Å². The van der Waals surface area contributed by atoms with Crippen LogP contribution in [0.3, 0.4) is 0 Å². The van der Waals surface area contributed by atoms with E-state index in [4.69, 9.17) is 0 Å². The summed E-state index contributed by atoms with van der Waals surface area (Å²) in [5.74, 6) is 1.58. The summed E-state index contributed by atoms with van der Waals surface area (Å²) in [7, 11) is 0. The first-order valence-corrected chi connectivity index (χ1v) is 5.36. The summed E-state index contributed by atoms with van der Waals surface area (Å²) in [5.41, 5.74) is 0.777. The molecule has 5 nitrogen and oxygen atoms in total. The fourth-order valence-corrected chi connectivity index (χ4v) is 1.90. The van der Waals surface area contributed by atoms with Gasteiger partial charge < -0.3 is 5.11 Å². The minimum Gasteiger partial charge on any atom is -0.391 e. The molecule has 1 aliphatic rings. The second-order valence-electron chi connectivity index (χ2n) is 3.94. The Morgan fingerprint density at radius 1 is 1.38 bits per heavy atom. The minimum atomic E-state index is -0.300. The van der Waals surface area contributed by atoms with Crippen molar-refractivity contribution < 1.29 is 5.11 Å². The highest BCUT2D eigenvalue weighted by Gasteiger charge is 2.20. The molecule has 0 bridgehead atoms. The number of hydrogen-bond acceptors (Lipinski definition) is 4. The SMILES string of the molecule is OC1CCc2nc(-c3ccccn3)nn2C1. The molecule has 0 amide bonds. The van der Waals surface area contributed by atoms with Crippen molar-refractivity contribution in [1.82, 2.24) is 19.7 Å². The first-order valence-electron chi connectivity index (χ1n) is 5.36. The van der Waals surface area contributed by atoms with E-state index in [0.717, 1.165) is 24.4 Å². The number of pyridine rings is 1. The number of hydrogen-bond donors (Lipinski definition) is 1. The number of fused-ring (bicyclic) bond motifs is 1. The van der Waals surface area contributed by atoms with Gasteiger partial charge in [0.1, 0.15) is 11.5 Å². The summed E-state index contributed by atoms with van der Waals surface area (Å²) in [4.78, 5) is 8.64. The second-order valence-corrected chi connectivity index (χ2v) is 3.94. The number of rotatable bonds is 1. The zero-order valence-corrected chi connectivity index (χ0v) is 8.74. The fourth-order valence-electron chi connectivity index (χ4n) is 1.90. The van der Waals surface area contributed by atoms with E-state index in [1.54, 1.807) is 10.9 Å². The second kappa shape index (κ2) is 3.68. The Hall–Kier alpha value is -1.75. The van der Waals surface area contributed by atoms with Crippen LogP contribution in [0.2, 0.25) is 0 Å². The van der Waals surface area contributed by atoms with Gasteiger partial charge in [-0.25, -0.2) is 9.67 Å². The molecule has 0 saturated heterocycles. The summed E-state index contributed by atoms with van der Waals surface area (Å²) < 4.78 is 1.78. The number of aromatic nitrogens is 4. The first-order chi connectivity index (χ1) is 7.83. The van der Waals surface area contributed by atoms with Gasteiger partial charge in [0.25, 0.3) is 0 Å². The lowest BCUT2D eigenvalue weighted by molar-refractivity contribution is 0.124. The van der Waals surface area contributed by atoms with E-state index in [1.807, 2.05) is 18.2 Å². The van der Waals surface area contributed by atoms with Crippen molar-refractivity contribution in [2.45, 2.75) is 25.5 Å². The molecule has 0 fully saturated rings. The summed E-state index contributed by atoms with van der Waals surface area (Å²) in [5, 5.41) is 13.9. The van der Waals surface area contributed by atoms with E-state index >= 15 is 0 Å². The van der Waals surface area contributed by atoms with Crippen molar-refractivity contribution in [2.24, 2.45) is 0 Å². The maximum absolute atomic E-state index is 9.53. The molecule has 2 aromatic heterocycles. The molecule has 5 heteroatoms. The molecule has 82 valence electrons. The number of nitrogens with zero attached hydrogens (tertiary/aromatic N) is 4. The third-order valence-corrected chi connectivity index (χ3v) is 2.73. The lowest BCUT2D eigenvalue weighted by Gasteiger charge is -2.16. The van der Waals surface area contributed by atoms with Crippen LogP contribution < -0.4 is 0 Å². The van der Waals surface area contributed by atoms with Crippen molar-refractivity contribution in [3.63, 3.8) is 0 Å². The molecular weight excluding hydrogens is 204 g/mol. The Morgan fingerprint density at radius 2 is 2.31 bits per heavy atom. The summed E-state index contributed by atoms with van der Waals surface area (Å²) in [6.45, 7) is 0.537. The van der Waals surface area contributed by atoms with Crippen molar-refractivity contribution >= 4 is 0 Å². The Balaban J connectivity index is 1.99. The van der Waals surface area contributed by atoms with E-state index in [9.17, 15) is 5.11 Å². The fraction of sp³-hybridized carbons (Fsp3) is 0.364. The van der Waals surface area contributed by atoms with Crippen molar-refractivity contribution in [3.8, 4) is 11.5 Å². The van der Waals surface area contributed by atoms with Crippen LogP contribution in [0.25, 0.3) is 11.5 Å². The highest BCUT2D eigenvalue weighted by molar-refractivity contribution is 5.47. The molecule has 3 heterocycles. The minimum absolute atomic E-state index is 0.300. The molecule has 1 N–H and O–H groups in total. The van der Waals surface area contributed by atoms with Gasteiger partial charge in [-0.2, -0.15) is 0 Å². The van der Waals surface area contributed by atoms with Gasteiger partial charge in [-0.15, -0.1) is 5.10 Å². The zero-order chi connectivity index (χ0) is 11.0. The van der Waals surface area contributed by atoms with E-state index < -0.39 is 0 Å². The lowest BCUT2D eigenvalue weighted by Crippen LogP contribution is -2.25. The quantitative estimate of drug-likeness (QED) is 0.760. The van der Waals surface area contributed by atoms with Crippen LogP contribution in [-0.4, -0.2) is 31.0 Å². The number of aryl methyl sites for hydroxylation is 1. The predicted molar refractivity (Wildman–Crippen MR) is 57.6 cm³/mol. The Bertz CT molecular complexity index is 494. The lowest BCUT2D eigenvalue weighted by atomic mass is 10.1. The third kappa shape index (κ3) is 1.59. The summed E-state index contributed by atoms with van der Waals surface area (Å²) in [6.07, 6.45) is 2.97. The molecular formula is C11H12N4O. The van der Waals surface area contributed by atoms with Gasteiger partial charge in [0.2, 0.25) is 0 Å². The summed E-state index contributed by atoms with van der Waals surface area (Å²) >= 11 is 0. The van der Waals surface area contributed by atoms with Crippen LogP contribution in [-0.2, 0) is 13.0 Å². The average Bonchev–Trinajstić information content (AvgIpc) is 2.73. The van der Waals surface area contributed by atoms with Crippen molar-refractivity contribution in [2.75, 3.05) is 0 Å². The van der Waals surface area contributed by atoms with Crippen LogP contribution >= 0.6 is 0 Å². The highest BCUT2D eigenvalue weighted by Crippen LogP contribution is 2.17. The predicted octanol–water partition coefficient (Wildman–Crippen LogP) is 0.647. The standard InChI is InChI=1S/C11H12N4O/c16-8-4-5-10-13-11(14-15(10)7-8)9-3-1-2-6-12-9/h1-3,6,8,16H,4-5,7H2. The van der Waals surface area contributed by atoms with Crippen LogP contribution in [0, 0.1) is 0 Å². The van der Waals surface area contributed by atoms with Gasteiger partial charge in [0, 0.05) is 12.6 Å². The molecule has 16 heavy (non-hydrogen) atoms. The van der Waals surface area contributed by atoms with Crippen molar-refractivity contribution in [3.05, 3.63) is 30.2 Å². The Labute approximate surface area is 92.8 Å². The Kier molecular flexibility index (Phi) is 2.18. The molecule has 0 aromatic carbocycles. The van der Waals surface area contributed by atoms with Crippen LogP contribution in [0.1, 0.15) is 12.2 Å². The average molecular weight is 216 g/mol. The molecule has 1 aliphatic heterocycles. The molecule has 0 spiro atoms. The topological polar surface area (TPSA) is 63.8 Å². The maximum atomic E-state index is 9.53. The van der Waals surface area contributed by atoms with Gasteiger partial charge in [0.05, 0.1) is 12.6 Å². The monoisotopic (exact) mass is 216 g/mol. The molecule has 2 aromatic rings. The van der Waals surface area contributed by atoms with Gasteiger partial charge >= 0.3 is 0 Å². The third-order valence-electron chi connectivity index (χ3n) is 2.73. The largest absolute Gasteiger partial charge is 0.391 e. The number of aliphatic hydroxyl groups is 1. The molecule has 3 rings (SSSR count).